The molecule has 2 aromatic heterocycles. The van der Waals surface area contributed by atoms with Gasteiger partial charge in [-0.15, -0.1) is 4.99 Å². The number of aromatic nitrogens is 3. The first-order chi connectivity index (χ1) is 27.3. The number of benzene rings is 2. The maximum absolute atomic E-state index is 13.6. The molecule has 57 heavy (non-hydrogen) atoms. The molecule has 302 valence electrons. The number of ether oxygens (including phenoxy) is 1. The number of nitriles is 1. The fraction of sp³-hybridized carbons (Fsp3) is 0.375. The van der Waals surface area contributed by atoms with Crippen molar-refractivity contribution >= 4 is 52.7 Å². The molecule has 4 N–H and O–H groups in total. The number of imidazole rings is 1. The predicted octanol–water partition coefficient (Wildman–Crippen LogP) is 8.49. The van der Waals surface area contributed by atoms with E-state index < -0.39 is 17.9 Å². The number of cyclic esters (lactones) is 1. The number of alkyl halides is 3. The number of H-pyrrole nitrogens is 1. The van der Waals surface area contributed by atoms with Crippen molar-refractivity contribution in [2.45, 2.75) is 49.6 Å². The van der Waals surface area contributed by atoms with Gasteiger partial charge in [-0.3, -0.25) is 10.3 Å². The fourth-order valence-electron chi connectivity index (χ4n) is 5.38. The highest BCUT2D eigenvalue weighted by Gasteiger charge is 2.62. The van der Waals surface area contributed by atoms with Gasteiger partial charge in [-0.1, -0.05) is 47.3 Å². The molecule has 0 radical (unpaired) electrons. The van der Waals surface area contributed by atoms with Gasteiger partial charge >= 0.3 is 12.3 Å². The number of anilines is 1. The van der Waals surface area contributed by atoms with E-state index in [9.17, 15) is 18.0 Å². The summed E-state index contributed by atoms with van der Waals surface area (Å²) in [6.07, 6.45) is 1.81. The van der Waals surface area contributed by atoms with Crippen LogP contribution in [0.4, 0.5) is 23.7 Å². The minimum absolute atomic E-state index is 0.00179. The minimum Gasteiger partial charge on any atom is -0.415 e. The third-order valence-corrected chi connectivity index (χ3v) is 10.0. The molecule has 0 saturated heterocycles. The highest BCUT2D eigenvalue weighted by Crippen LogP contribution is 2.48. The molecule has 0 bridgehead atoms. The topological polar surface area (TPSA) is 143 Å². The number of thioether (sulfide) groups is 1. The third-order valence-electron chi connectivity index (χ3n) is 8.57. The first-order valence-corrected chi connectivity index (χ1v) is 19.8. The molecule has 1 saturated carbocycles. The van der Waals surface area contributed by atoms with Crippen LogP contribution in [-0.2, 0) is 16.1 Å². The Hall–Kier alpha value is -4.93. The number of amides is 1. The van der Waals surface area contributed by atoms with Gasteiger partial charge in [0, 0.05) is 70.1 Å². The quantitative estimate of drug-likeness (QED) is 0.0407. The molecule has 1 amide bonds. The zero-order chi connectivity index (χ0) is 41.4. The van der Waals surface area contributed by atoms with E-state index in [1.54, 1.807) is 31.3 Å². The van der Waals surface area contributed by atoms with E-state index in [-0.39, 0.29) is 22.2 Å². The van der Waals surface area contributed by atoms with Gasteiger partial charge in [0.25, 0.3) is 5.60 Å². The summed E-state index contributed by atoms with van der Waals surface area (Å²) in [7, 11) is 5.91. The Labute approximate surface area is 345 Å². The van der Waals surface area contributed by atoms with E-state index in [0.717, 1.165) is 72.0 Å². The number of fused-ring (bicyclic) bond motifs is 1. The van der Waals surface area contributed by atoms with Crippen LogP contribution in [0.3, 0.4) is 0 Å². The van der Waals surface area contributed by atoms with Crippen molar-refractivity contribution in [3.05, 3.63) is 111 Å². The molecule has 2 aromatic carbocycles. The lowest BCUT2D eigenvalue weighted by molar-refractivity contribution is -0.239. The summed E-state index contributed by atoms with van der Waals surface area (Å²) in [5.74, 6) is 7.24. The number of rotatable bonds is 10. The molecule has 2 atom stereocenters. The lowest BCUT2D eigenvalue weighted by Crippen LogP contribution is -2.49. The molecular weight excluding hydrogens is 798 g/mol. The van der Waals surface area contributed by atoms with E-state index in [4.69, 9.17) is 28.5 Å². The second kappa shape index (κ2) is 21.6. The summed E-state index contributed by atoms with van der Waals surface area (Å²) in [5.41, 5.74) is 1.32. The molecule has 1 aliphatic heterocycles. The molecule has 1 aliphatic carbocycles. The van der Waals surface area contributed by atoms with Gasteiger partial charge in [0.1, 0.15) is 0 Å². The van der Waals surface area contributed by atoms with Crippen molar-refractivity contribution in [3.63, 3.8) is 0 Å². The van der Waals surface area contributed by atoms with E-state index >= 15 is 0 Å². The van der Waals surface area contributed by atoms with E-state index in [1.807, 2.05) is 37.4 Å². The third kappa shape index (κ3) is 13.6. The summed E-state index contributed by atoms with van der Waals surface area (Å²) in [6.45, 7) is 3.80. The minimum atomic E-state index is -4.87. The number of carbonyl (C=O) groups is 1. The Balaban J connectivity index is 0.000000191. The highest BCUT2D eigenvalue weighted by atomic mass is 35.5. The number of halogens is 5. The van der Waals surface area contributed by atoms with Crippen molar-refractivity contribution in [1.82, 2.24) is 30.5 Å². The number of hydrogen-bond acceptors (Lipinski definition) is 8. The van der Waals surface area contributed by atoms with Crippen LogP contribution >= 0.6 is 35.0 Å². The Morgan fingerprint density at radius 3 is 2.47 bits per heavy atom. The summed E-state index contributed by atoms with van der Waals surface area (Å²) < 4.78 is 45.4. The highest BCUT2D eigenvalue weighted by molar-refractivity contribution is 7.98. The van der Waals surface area contributed by atoms with Gasteiger partial charge < -0.3 is 25.3 Å². The van der Waals surface area contributed by atoms with Crippen molar-refractivity contribution < 1.29 is 22.7 Å². The van der Waals surface area contributed by atoms with Crippen molar-refractivity contribution in [2.24, 2.45) is 10.9 Å². The van der Waals surface area contributed by atoms with Crippen LogP contribution in [0.5, 0.6) is 0 Å². The molecular formula is C40H44Cl2F3N9O2S. The molecule has 4 aromatic rings. The lowest BCUT2D eigenvalue weighted by Gasteiger charge is -2.35. The van der Waals surface area contributed by atoms with Crippen LogP contribution in [0.2, 0.25) is 10.0 Å². The smallest absolute Gasteiger partial charge is 0.415 e. The molecule has 2 aliphatic rings. The maximum atomic E-state index is 13.6. The fourth-order valence-corrected chi connectivity index (χ4v) is 6.55. The number of nitrogens with one attached hydrogen (secondary N) is 4. The molecule has 11 nitrogen and oxygen atoms in total. The van der Waals surface area contributed by atoms with E-state index in [2.05, 4.69) is 89.7 Å². The van der Waals surface area contributed by atoms with Gasteiger partial charge in [-0.05, 0) is 101 Å². The molecule has 6 rings (SSSR count). The molecule has 17 heteroatoms. The summed E-state index contributed by atoms with van der Waals surface area (Å²) >= 11 is 13.5. The zero-order valence-corrected chi connectivity index (χ0v) is 34.2. The van der Waals surface area contributed by atoms with Crippen LogP contribution in [-0.4, -0.2) is 78.1 Å². The molecule has 3 heterocycles. The Morgan fingerprint density at radius 1 is 1.14 bits per heavy atom. The van der Waals surface area contributed by atoms with Gasteiger partial charge in [0.05, 0.1) is 17.7 Å². The molecule has 1 unspecified atom stereocenters. The summed E-state index contributed by atoms with van der Waals surface area (Å²) in [5, 5.41) is 17.3. The first-order valence-electron chi connectivity index (χ1n) is 17.9. The summed E-state index contributed by atoms with van der Waals surface area (Å²) in [4.78, 5) is 29.0. The number of guanidine groups is 1. The number of carbonyl (C=O) groups excluding carboxylic acids is 1. The van der Waals surface area contributed by atoms with E-state index in [1.165, 1.54) is 17.7 Å². The predicted molar refractivity (Wildman–Crippen MR) is 220 cm³/mol. The standard InChI is InChI=1S/C16H19ClN2.C14H9ClF3NO2.C10H16N6S/c1-19(2)12-10-15(16-5-3-4-11-18-16)13-6-8-14(17)9-7-13;15-9-3-4-11-10(7-9)13(14(16,17)18,21-12(20)19-11)6-5-8-1-2-8;1-8-9(16-7-15-8)5-17-4-3-13-10(12-2)14-6-11/h3-9,11,15H,10,12H2,1-2H3;3-4,7-8H,1-2H2,(H,19,20);7H,3-5H2,1-2H3,(H,15,16)(H2,12,13,14)/t;13-;/m.0./s1. The van der Waals surface area contributed by atoms with Crippen LogP contribution in [0.25, 0.3) is 0 Å². The second-order valence-corrected chi connectivity index (χ2v) is 15.1. The first kappa shape index (κ1) is 44.8. The number of aliphatic imine (C=N–C) groups is 1. The van der Waals surface area contributed by atoms with Crippen LogP contribution in [0.15, 0.2) is 78.2 Å². The van der Waals surface area contributed by atoms with Crippen LogP contribution < -0.4 is 16.0 Å². The number of hydrogen-bond donors (Lipinski definition) is 4. The van der Waals surface area contributed by atoms with E-state index in [0.29, 0.717) is 11.9 Å². The number of nitrogens with zero attached hydrogens (tertiary/aromatic N) is 5. The normalized spacial score (nSPS) is 16.4. The zero-order valence-electron chi connectivity index (χ0n) is 31.9. The average Bonchev–Trinajstić information content (AvgIpc) is 3.93. The van der Waals surface area contributed by atoms with Crippen LogP contribution in [0, 0.1) is 36.1 Å². The SMILES string of the molecule is CN(C)CCC(c1ccc(Cl)cc1)c1ccccn1.CN/C(=N/C#N)NCCSCc1nc[nH]c1C.O=C1Nc2ccc(Cl)cc2[C@@](C#CC2CC2)(C(F)(F)F)O1. The van der Waals surface area contributed by atoms with Gasteiger partial charge in [-0.25, -0.2) is 9.78 Å². The van der Waals surface area contributed by atoms with Gasteiger partial charge in [-0.2, -0.15) is 30.2 Å². The van der Waals surface area contributed by atoms with Crippen molar-refractivity contribution in [1.29, 1.82) is 5.26 Å². The Bertz CT molecular complexity index is 2050. The number of pyridine rings is 1. The Kier molecular flexibility index (Phi) is 16.9. The maximum Gasteiger partial charge on any atom is 0.445 e. The van der Waals surface area contributed by atoms with Crippen LogP contribution in [0.1, 0.15) is 53.4 Å². The van der Waals surface area contributed by atoms with Crippen molar-refractivity contribution in [2.75, 3.05) is 45.3 Å². The monoisotopic (exact) mass is 841 g/mol. The number of aryl methyl sites for hydroxylation is 1. The Morgan fingerprint density at radius 2 is 1.88 bits per heavy atom. The number of aromatic amines is 1. The van der Waals surface area contributed by atoms with Gasteiger partial charge in [0.15, 0.2) is 0 Å². The lowest BCUT2D eigenvalue weighted by atomic mass is 9.90. The largest absolute Gasteiger partial charge is 0.445 e. The molecule has 0 spiro atoms. The van der Waals surface area contributed by atoms with Crippen molar-refractivity contribution in [3.8, 4) is 18.0 Å². The average molecular weight is 843 g/mol. The van der Waals surface area contributed by atoms with Gasteiger partial charge in [0.2, 0.25) is 12.2 Å². The second-order valence-electron chi connectivity index (χ2n) is 13.1. The summed E-state index contributed by atoms with van der Waals surface area (Å²) in [6, 6.07) is 18.0. The molecule has 1 fully saturated rings.